The van der Waals surface area contributed by atoms with Gasteiger partial charge in [0.2, 0.25) is 5.91 Å². The summed E-state index contributed by atoms with van der Waals surface area (Å²) in [7, 11) is -3.44. The SMILES string of the molecule is CC(C)c1cccc2sc(N(Cc3ccccn3)C(=O)CCCS(=O)(=O)c3ccccc3)nc12. The van der Waals surface area contributed by atoms with Crippen molar-refractivity contribution in [2.75, 3.05) is 10.7 Å². The fourth-order valence-corrected chi connectivity index (χ4v) is 6.10. The summed E-state index contributed by atoms with van der Waals surface area (Å²) in [5.41, 5.74) is 2.79. The number of benzene rings is 2. The van der Waals surface area contributed by atoms with Crippen LogP contribution in [0.4, 0.5) is 5.13 Å². The number of nitrogens with zero attached hydrogens (tertiary/aromatic N) is 3. The van der Waals surface area contributed by atoms with E-state index in [4.69, 9.17) is 4.98 Å². The number of hydrogen-bond acceptors (Lipinski definition) is 6. The summed E-state index contributed by atoms with van der Waals surface area (Å²) in [6.07, 6.45) is 2.03. The van der Waals surface area contributed by atoms with Crippen molar-refractivity contribution in [3.05, 3.63) is 84.2 Å². The number of hydrogen-bond donors (Lipinski definition) is 0. The molecule has 0 saturated heterocycles. The van der Waals surface area contributed by atoms with Gasteiger partial charge in [0.1, 0.15) is 0 Å². The van der Waals surface area contributed by atoms with Crippen LogP contribution >= 0.6 is 11.3 Å². The summed E-state index contributed by atoms with van der Waals surface area (Å²) >= 11 is 1.47. The summed E-state index contributed by atoms with van der Waals surface area (Å²) < 4.78 is 26.3. The molecule has 0 saturated carbocycles. The average Bonchev–Trinajstić information content (AvgIpc) is 3.27. The van der Waals surface area contributed by atoms with Gasteiger partial charge in [0, 0.05) is 12.6 Å². The smallest absolute Gasteiger partial charge is 0.229 e. The summed E-state index contributed by atoms with van der Waals surface area (Å²) in [5, 5.41) is 0.602. The minimum absolute atomic E-state index is 0.0858. The summed E-state index contributed by atoms with van der Waals surface area (Å²) in [6.45, 7) is 4.53. The highest BCUT2D eigenvalue weighted by Crippen LogP contribution is 2.34. The Bertz CT molecular complexity index is 1370. The molecule has 0 unspecified atom stereocenters. The monoisotopic (exact) mass is 493 g/mol. The van der Waals surface area contributed by atoms with Crippen LogP contribution in [0.3, 0.4) is 0 Å². The molecule has 1 amide bonds. The molecule has 34 heavy (non-hydrogen) atoms. The van der Waals surface area contributed by atoms with Crippen molar-refractivity contribution < 1.29 is 13.2 Å². The molecular weight excluding hydrogens is 466 g/mol. The first-order valence-corrected chi connectivity index (χ1v) is 13.7. The largest absolute Gasteiger partial charge is 0.282 e. The molecule has 8 heteroatoms. The first-order chi connectivity index (χ1) is 16.3. The minimum Gasteiger partial charge on any atom is -0.282 e. The third-order valence-corrected chi connectivity index (χ3v) is 8.41. The Kier molecular flexibility index (Phi) is 7.38. The molecule has 176 valence electrons. The summed E-state index contributed by atoms with van der Waals surface area (Å²) in [4.78, 5) is 24.5. The van der Waals surface area contributed by atoms with Crippen molar-refractivity contribution in [2.45, 2.75) is 44.0 Å². The predicted molar refractivity (Wildman–Crippen MR) is 137 cm³/mol. The second-order valence-electron chi connectivity index (χ2n) is 8.38. The van der Waals surface area contributed by atoms with Crippen LogP contribution in [-0.2, 0) is 21.2 Å². The van der Waals surface area contributed by atoms with E-state index < -0.39 is 9.84 Å². The van der Waals surface area contributed by atoms with Gasteiger partial charge in [0.15, 0.2) is 15.0 Å². The first-order valence-electron chi connectivity index (χ1n) is 11.2. The Morgan fingerprint density at radius 2 is 1.76 bits per heavy atom. The number of pyridine rings is 1. The van der Waals surface area contributed by atoms with E-state index in [1.165, 1.54) is 11.3 Å². The molecule has 0 fully saturated rings. The van der Waals surface area contributed by atoms with Crippen molar-refractivity contribution in [3.63, 3.8) is 0 Å². The van der Waals surface area contributed by atoms with Gasteiger partial charge >= 0.3 is 0 Å². The van der Waals surface area contributed by atoms with E-state index in [0.717, 1.165) is 21.5 Å². The van der Waals surface area contributed by atoms with Gasteiger partial charge in [-0.1, -0.05) is 61.6 Å². The Hall–Kier alpha value is -3.10. The van der Waals surface area contributed by atoms with Crippen molar-refractivity contribution >= 4 is 42.4 Å². The molecule has 2 heterocycles. The normalized spacial score (nSPS) is 11.7. The molecule has 0 bridgehead atoms. The molecule has 0 aliphatic carbocycles. The Labute approximate surface area is 204 Å². The van der Waals surface area contributed by atoms with Crippen molar-refractivity contribution in [1.29, 1.82) is 0 Å². The molecule has 4 rings (SSSR count). The maximum atomic E-state index is 13.3. The molecule has 4 aromatic rings. The lowest BCUT2D eigenvalue weighted by Gasteiger charge is -2.19. The lowest BCUT2D eigenvalue weighted by molar-refractivity contribution is -0.118. The van der Waals surface area contributed by atoms with Crippen LogP contribution in [0, 0.1) is 0 Å². The summed E-state index contributed by atoms with van der Waals surface area (Å²) in [6, 6.07) is 20.0. The van der Waals surface area contributed by atoms with Crippen molar-refractivity contribution in [1.82, 2.24) is 9.97 Å². The van der Waals surface area contributed by atoms with Crippen molar-refractivity contribution in [2.24, 2.45) is 0 Å². The van der Waals surface area contributed by atoms with Gasteiger partial charge in [0.05, 0.1) is 33.1 Å². The van der Waals surface area contributed by atoms with Gasteiger partial charge in [-0.25, -0.2) is 13.4 Å². The highest BCUT2D eigenvalue weighted by molar-refractivity contribution is 7.91. The zero-order valence-electron chi connectivity index (χ0n) is 19.2. The van der Waals surface area contributed by atoms with Gasteiger partial charge in [-0.05, 0) is 48.2 Å². The van der Waals surface area contributed by atoms with Gasteiger partial charge in [0.25, 0.3) is 0 Å². The zero-order valence-corrected chi connectivity index (χ0v) is 20.8. The molecular formula is C26H27N3O3S2. The number of carbonyl (C=O) groups excluding carboxylic acids is 1. The van der Waals surface area contributed by atoms with Crippen LogP contribution in [0.2, 0.25) is 0 Å². The molecule has 0 spiro atoms. The van der Waals surface area contributed by atoms with E-state index in [0.29, 0.717) is 11.0 Å². The van der Waals surface area contributed by atoms with Crippen LogP contribution in [0.5, 0.6) is 0 Å². The Balaban J connectivity index is 1.57. The number of rotatable bonds is 9. The quantitative estimate of drug-likeness (QED) is 0.303. The van der Waals surface area contributed by atoms with E-state index in [1.54, 1.807) is 41.4 Å². The van der Waals surface area contributed by atoms with Gasteiger partial charge in [-0.2, -0.15) is 0 Å². The topological polar surface area (TPSA) is 80.2 Å². The fourth-order valence-electron chi connectivity index (χ4n) is 3.75. The third kappa shape index (κ3) is 5.51. The second-order valence-corrected chi connectivity index (χ2v) is 11.5. The molecule has 0 N–H and O–H groups in total. The second kappa shape index (κ2) is 10.4. The average molecular weight is 494 g/mol. The predicted octanol–water partition coefficient (Wildman–Crippen LogP) is 5.60. The summed E-state index contributed by atoms with van der Waals surface area (Å²) in [5.74, 6) is 0.0539. The lowest BCUT2D eigenvalue weighted by atomic mass is 10.0. The van der Waals surface area contributed by atoms with E-state index in [9.17, 15) is 13.2 Å². The molecule has 0 atom stereocenters. The van der Waals surface area contributed by atoms with E-state index in [-0.39, 0.29) is 35.9 Å². The van der Waals surface area contributed by atoms with Crippen LogP contribution in [0.25, 0.3) is 10.2 Å². The van der Waals surface area contributed by atoms with E-state index >= 15 is 0 Å². The van der Waals surface area contributed by atoms with Crippen LogP contribution < -0.4 is 4.90 Å². The molecule has 0 radical (unpaired) electrons. The molecule has 2 aromatic carbocycles. The van der Waals surface area contributed by atoms with Crippen LogP contribution in [0.15, 0.2) is 77.8 Å². The maximum absolute atomic E-state index is 13.3. The zero-order chi connectivity index (χ0) is 24.1. The van der Waals surface area contributed by atoms with Crippen molar-refractivity contribution in [3.8, 4) is 0 Å². The lowest BCUT2D eigenvalue weighted by Crippen LogP contribution is -2.30. The fraction of sp³-hybridized carbons (Fsp3) is 0.269. The van der Waals surface area contributed by atoms with Crippen LogP contribution in [-0.4, -0.2) is 30.0 Å². The number of carbonyl (C=O) groups is 1. The first kappa shape index (κ1) is 24.0. The highest BCUT2D eigenvalue weighted by atomic mass is 32.2. The number of fused-ring (bicyclic) bond motifs is 1. The third-order valence-electron chi connectivity index (χ3n) is 5.55. The Morgan fingerprint density at radius 3 is 2.47 bits per heavy atom. The molecule has 2 aromatic heterocycles. The van der Waals surface area contributed by atoms with E-state index in [2.05, 4.69) is 24.9 Å². The van der Waals surface area contributed by atoms with Gasteiger partial charge in [-0.3, -0.25) is 14.7 Å². The minimum atomic E-state index is -3.44. The maximum Gasteiger partial charge on any atom is 0.229 e. The van der Waals surface area contributed by atoms with Gasteiger partial charge in [-0.15, -0.1) is 0 Å². The number of aromatic nitrogens is 2. The number of anilines is 1. The van der Waals surface area contributed by atoms with Gasteiger partial charge < -0.3 is 0 Å². The number of amides is 1. The molecule has 0 aliphatic rings. The Morgan fingerprint density at radius 1 is 1.00 bits per heavy atom. The number of sulfone groups is 1. The molecule has 6 nitrogen and oxygen atoms in total. The number of para-hydroxylation sites is 1. The molecule has 0 aliphatic heterocycles. The van der Waals surface area contributed by atoms with Crippen LogP contribution in [0.1, 0.15) is 43.9 Å². The number of thiazole rings is 1. The standard InChI is InChI=1S/C26H27N3O3S2/c1-19(2)22-13-8-14-23-25(22)28-26(33-23)29(18-20-10-6-7-16-27-20)24(30)15-9-17-34(31,32)21-11-4-3-5-12-21/h3-8,10-14,16,19H,9,15,17-18H2,1-2H3. The highest BCUT2D eigenvalue weighted by Gasteiger charge is 2.23. The van der Waals surface area contributed by atoms with E-state index in [1.807, 2.05) is 30.3 Å².